The largest absolute Gasteiger partial charge is 0.484 e. The summed E-state index contributed by atoms with van der Waals surface area (Å²) in [5.41, 5.74) is 4.57. The summed E-state index contributed by atoms with van der Waals surface area (Å²) in [5.74, 6) is 1.73. The maximum atomic E-state index is 11.6. The smallest absolute Gasteiger partial charge is 0.277 e. The zero-order valence-corrected chi connectivity index (χ0v) is 12.3. The highest BCUT2D eigenvalue weighted by atomic mass is 16.5. The Labute approximate surface area is 123 Å². The van der Waals surface area contributed by atoms with Gasteiger partial charge in [-0.1, -0.05) is 6.07 Å². The molecule has 1 N–H and O–H groups in total. The predicted octanol–water partition coefficient (Wildman–Crippen LogP) is 2.73. The summed E-state index contributed by atoms with van der Waals surface area (Å²) in [5, 5.41) is 3.80. The van der Waals surface area contributed by atoms with Crippen LogP contribution in [0.1, 0.15) is 22.6 Å². The van der Waals surface area contributed by atoms with Gasteiger partial charge in [-0.05, 0) is 56.2 Å². The summed E-state index contributed by atoms with van der Waals surface area (Å²) in [6, 6.07) is 9.41. The molecule has 0 spiro atoms. The molecule has 21 heavy (non-hydrogen) atoms. The molecule has 0 saturated heterocycles. The van der Waals surface area contributed by atoms with Crippen molar-refractivity contribution in [3.63, 3.8) is 0 Å². The number of aryl methyl sites for hydroxylation is 3. The van der Waals surface area contributed by atoms with Crippen LogP contribution in [0.3, 0.4) is 0 Å². The number of rotatable bonds is 5. The van der Waals surface area contributed by atoms with E-state index in [2.05, 4.69) is 10.5 Å². The Kier molecular flexibility index (Phi) is 4.77. The number of nitrogens with zero attached hydrogens (tertiary/aromatic N) is 1. The fourth-order valence-corrected chi connectivity index (χ4v) is 1.89. The van der Waals surface area contributed by atoms with E-state index in [-0.39, 0.29) is 12.5 Å². The second-order valence-corrected chi connectivity index (χ2v) is 4.85. The zero-order valence-electron chi connectivity index (χ0n) is 12.3. The normalized spacial score (nSPS) is 10.8. The lowest BCUT2D eigenvalue weighted by Gasteiger charge is -2.07. The van der Waals surface area contributed by atoms with Gasteiger partial charge in [-0.25, -0.2) is 5.43 Å². The third-order valence-corrected chi connectivity index (χ3v) is 2.71. The number of carbonyl (C=O) groups is 1. The highest BCUT2D eigenvalue weighted by Crippen LogP contribution is 2.15. The predicted molar refractivity (Wildman–Crippen MR) is 80.6 cm³/mol. The molecule has 0 aliphatic carbocycles. The first kappa shape index (κ1) is 14.8. The van der Waals surface area contributed by atoms with E-state index < -0.39 is 0 Å². The molecule has 0 unspecified atom stereocenters. The van der Waals surface area contributed by atoms with Gasteiger partial charge in [-0.15, -0.1) is 0 Å². The van der Waals surface area contributed by atoms with Gasteiger partial charge in [-0.3, -0.25) is 4.79 Å². The summed E-state index contributed by atoms with van der Waals surface area (Å²) in [7, 11) is 0. The molecule has 0 aliphatic heterocycles. The molecule has 0 bridgehead atoms. The van der Waals surface area contributed by atoms with E-state index in [0.717, 1.165) is 16.9 Å². The van der Waals surface area contributed by atoms with Crippen molar-refractivity contribution in [2.75, 3.05) is 6.61 Å². The van der Waals surface area contributed by atoms with Gasteiger partial charge >= 0.3 is 0 Å². The lowest BCUT2D eigenvalue weighted by molar-refractivity contribution is -0.123. The molecule has 5 heteroatoms. The van der Waals surface area contributed by atoms with Crippen LogP contribution in [-0.4, -0.2) is 18.7 Å². The van der Waals surface area contributed by atoms with Crippen molar-refractivity contribution < 1.29 is 13.9 Å². The molecule has 2 aromatic rings. The number of furan rings is 1. The summed E-state index contributed by atoms with van der Waals surface area (Å²) in [6.07, 6.45) is 1.45. The highest BCUT2D eigenvalue weighted by Gasteiger charge is 2.02. The number of benzene rings is 1. The monoisotopic (exact) mass is 286 g/mol. The highest BCUT2D eigenvalue weighted by molar-refractivity contribution is 5.81. The third kappa shape index (κ3) is 4.80. The van der Waals surface area contributed by atoms with Crippen LogP contribution in [-0.2, 0) is 4.79 Å². The van der Waals surface area contributed by atoms with E-state index >= 15 is 0 Å². The Hall–Kier alpha value is -2.56. The quantitative estimate of drug-likeness (QED) is 0.679. The molecule has 1 aromatic carbocycles. The number of carbonyl (C=O) groups excluding carboxylic acids is 1. The molecule has 5 nitrogen and oxygen atoms in total. The maximum Gasteiger partial charge on any atom is 0.277 e. The number of nitrogens with one attached hydrogen (secondary N) is 1. The third-order valence-electron chi connectivity index (χ3n) is 2.71. The van der Waals surface area contributed by atoms with Crippen LogP contribution in [0.15, 0.2) is 39.9 Å². The van der Waals surface area contributed by atoms with Gasteiger partial charge in [-0.2, -0.15) is 5.10 Å². The summed E-state index contributed by atoms with van der Waals surface area (Å²) in [6.45, 7) is 5.72. The summed E-state index contributed by atoms with van der Waals surface area (Å²) >= 11 is 0. The summed E-state index contributed by atoms with van der Waals surface area (Å²) in [4.78, 5) is 11.6. The van der Waals surface area contributed by atoms with Crippen LogP contribution in [0.25, 0.3) is 0 Å². The Bertz CT molecular complexity index is 639. The molecular weight excluding hydrogens is 268 g/mol. The molecular formula is C16H18N2O3. The van der Waals surface area contributed by atoms with Crippen LogP contribution in [0.5, 0.6) is 5.75 Å². The minimum absolute atomic E-state index is 0.0859. The summed E-state index contributed by atoms with van der Waals surface area (Å²) < 4.78 is 10.7. The van der Waals surface area contributed by atoms with E-state index in [0.29, 0.717) is 11.5 Å². The molecule has 1 aromatic heterocycles. The molecule has 1 heterocycles. The minimum atomic E-state index is -0.325. The first-order chi connectivity index (χ1) is 10.0. The van der Waals surface area contributed by atoms with Gasteiger partial charge in [0.05, 0.1) is 6.21 Å². The van der Waals surface area contributed by atoms with E-state index in [9.17, 15) is 4.79 Å². The van der Waals surface area contributed by atoms with Crippen molar-refractivity contribution in [1.82, 2.24) is 5.43 Å². The van der Waals surface area contributed by atoms with Crippen molar-refractivity contribution in [1.29, 1.82) is 0 Å². The number of hydrogen-bond acceptors (Lipinski definition) is 4. The lowest BCUT2D eigenvalue weighted by Crippen LogP contribution is -2.24. The number of hydrazone groups is 1. The Balaban J connectivity index is 1.80. The number of amides is 1. The van der Waals surface area contributed by atoms with Crippen molar-refractivity contribution >= 4 is 12.1 Å². The average molecular weight is 286 g/mol. The zero-order chi connectivity index (χ0) is 15.2. The lowest BCUT2D eigenvalue weighted by atomic mass is 10.1. The molecule has 0 fully saturated rings. The van der Waals surface area contributed by atoms with Crippen LogP contribution < -0.4 is 10.2 Å². The molecule has 0 saturated carbocycles. The van der Waals surface area contributed by atoms with Gasteiger partial charge in [0, 0.05) is 0 Å². The Morgan fingerprint density at radius 3 is 2.57 bits per heavy atom. The van der Waals surface area contributed by atoms with Crippen LogP contribution >= 0.6 is 0 Å². The molecule has 110 valence electrons. The van der Waals surface area contributed by atoms with E-state index in [1.165, 1.54) is 6.21 Å². The standard InChI is InChI=1S/C16H18N2O3/c1-11-6-12(2)8-15(7-11)20-10-16(19)18-17-9-14-5-4-13(3)21-14/h4-9H,10H2,1-3H3,(H,18,19)/b17-9+. The SMILES string of the molecule is Cc1cc(C)cc(OCC(=O)N/N=C/c2ccc(C)o2)c1. The van der Waals surface area contributed by atoms with E-state index in [1.54, 1.807) is 6.07 Å². The maximum absolute atomic E-state index is 11.6. The number of ether oxygens (including phenoxy) is 1. The molecule has 2 rings (SSSR count). The molecule has 1 amide bonds. The van der Waals surface area contributed by atoms with Crippen molar-refractivity contribution in [2.45, 2.75) is 20.8 Å². The topological polar surface area (TPSA) is 63.8 Å². The first-order valence-electron chi connectivity index (χ1n) is 6.62. The Morgan fingerprint density at radius 2 is 1.95 bits per heavy atom. The van der Waals surface area contributed by atoms with Crippen molar-refractivity contribution in [2.24, 2.45) is 5.10 Å². The van der Waals surface area contributed by atoms with Crippen molar-refractivity contribution in [3.8, 4) is 5.75 Å². The fourth-order valence-electron chi connectivity index (χ4n) is 1.89. The van der Waals surface area contributed by atoms with Crippen LogP contribution in [0.4, 0.5) is 0 Å². The average Bonchev–Trinajstić information content (AvgIpc) is 2.81. The minimum Gasteiger partial charge on any atom is -0.484 e. The Morgan fingerprint density at radius 1 is 1.24 bits per heavy atom. The second kappa shape index (κ2) is 6.74. The van der Waals surface area contributed by atoms with E-state index in [4.69, 9.17) is 9.15 Å². The van der Waals surface area contributed by atoms with Crippen LogP contribution in [0.2, 0.25) is 0 Å². The van der Waals surface area contributed by atoms with Gasteiger partial charge in [0.2, 0.25) is 0 Å². The molecule has 0 aliphatic rings. The van der Waals surface area contributed by atoms with Crippen molar-refractivity contribution in [3.05, 3.63) is 53.0 Å². The van der Waals surface area contributed by atoms with Gasteiger partial charge in [0.25, 0.3) is 5.91 Å². The fraction of sp³-hybridized carbons (Fsp3) is 0.250. The number of hydrogen-bond donors (Lipinski definition) is 1. The van der Waals surface area contributed by atoms with Crippen LogP contribution in [0, 0.1) is 20.8 Å². The van der Waals surface area contributed by atoms with Gasteiger partial charge in [0.15, 0.2) is 6.61 Å². The van der Waals surface area contributed by atoms with E-state index in [1.807, 2.05) is 45.0 Å². The first-order valence-corrected chi connectivity index (χ1v) is 6.62. The van der Waals surface area contributed by atoms with Gasteiger partial charge < -0.3 is 9.15 Å². The second-order valence-electron chi connectivity index (χ2n) is 4.85. The molecule has 0 radical (unpaired) electrons. The van der Waals surface area contributed by atoms with Gasteiger partial charge in [0.1, 0.15) is 17.3 Å². The molecule has 0 atom stereocenters.